The zero-order valence-corrected chi connectivity index (χ0v) is 19.6. The molecule has 4 aliphatic carbocycles. The molecular formula is C28H36O4. The quantitative estimate of drug-likeness (QED) is 0.424. The lowest BCUT2D eigenvalue weighted by Crippen LogP contribution is -2.51. The Bertz CT molecular complexity index is 921. The zero-order valence-electron chi connectivity index (χ0n) is 19.6. The summed E-state index contributed by atoms with van der Waals surface area (Å²) in [5.74, 6) is 1.65. The maximum atomic E-state index is 12.6. The maximum Gasteiger partial charge on any atom is 0.338 e. The van der Waals surface area contributed by atoms with Crippen LogP contribution in [-0.2, 0) is 14.3 Å². The third-order valence-corrected chi connectivity index (χ3v) is 9.56. The molecule has 0 aromatic heterocycles. The average Bonchev–Trinajstić information content (AvgIpc) is 3.10. The van der Waals surface area contributed by atoms with E-state index in [-0.39, 0.29) is 35.0 Å². The van der Waals surface area contributed by atoms with Crippen molar-refractivity contribution in [3.63, 3.8) is 0 Å². The average molecular weight is 437 g/mol. The molecule has 172 valence electrons. The van der Waals surface area contributed by atoms with Gasteiger partial charge in [-0.05, 0) is 80.2 Å². The number of rotatable bonds is 3. The Morgan fingerprint density at radius 3 is 2.47 bits per heavy atom. The maximum absolute atomic E-state index is 12.6. The minimum atomic E-state index is -0.204. The Morgan fingerprint density at radius 2 is 1.72 bits per heavy atom. The van der Waals surface area contributed by atoms with Crippen molar-refractivity contribution in [3.8, 4) is 0 Å². The van der Waals surface area contributed by atoms with Gasteiger partial charge in [-0.3, -0.25) is 4.79 Å². The second-order valence-electron chi connectivity index (χ2n) is 11.1. The van der Waals surface area contributed by atoms with Gasteiger partial charge in [0.05, 0.1) is 5.56 Å². The Labute approximate surface area is 191 Å². The van der Waals surface area contributed by atoms with Crippen LogP contribution < -0.4 is 0 Å². The number of hydrogen-bond acceptors (Lipinski definition) is 4. The first-order valence-corrected chi connectivity index (χ1v) is 12.4. The Hall–Kier alpha value is -2.10. The van der Waals surface area contributed by atoms with E-state index in [4.69, 9.17) is 9.47 Å². The van der Waals surface area contributed by atoms with E-state index >= 15 is 0 Å². The second kappa shape index (κ2) is 8.04. The molecule has 0 aliphatic heterocycles. The lowest BCUT2D eigenvalue weighted by atomic mass is 9.48. The molecule has 0 heterocycles. The smallest absolute Gasteiger partial charge is 0.338 e. The topological polar surface area (TPSA) is 52.6 Å². The van der Waals surface area contributed by atoms with E-state index in [0.717, 1.165) is 38.5 Å². The van der Waals surface area contributed by atoms with Gasteiger partial charge >= 0.3 is 11.9 Å². The van der Waals surface area contributed by atoms with Crippen LogP contribution in [0.2, 0.25) is 0 Å². The molecule has 0 radical (unpaired) electrons. The molecule has 0 saturated heterocycles. The highest BCUT2D eigenvalue weighted by atomic mass is 16.5. The minimum Gasteiger partial charge on any atom is -0.462 e. The van der Waals surface area contributed by atoms with Crippen LogP contribution in [0.1, 0.15) is 82.5 Å². The highest BCUT2D eigenvalue weighted by Gasteiger charge is 2.59. The van der Waals surface area contributed by atoms with Crippen LogP contribution in [0.3, 0.4) is 0 Å². The monoisotopic (exact) mass is 436 g/mol. The fraction of sp³-hybridized carbons (Fsp3) is 0.643. The summed E-state index contributed by atoms with van der Waals surface area (Å²) in [5.41, 5.74) is 2.47. The predicted octanol–water partition coefficient (Wildman–Crippen LogP) is 6.11. The van der Waals surface area contributed by atoms with Crippen molar-refractivity contribution in [2.45, 2.75) is 84.3 Å². The van der Waals surface area contributed by atoms with Gasteiger partial charge in [-0.2, -0.15) is 0 Å². The lowest BCUT2D eigenvalue weighted by Gasteiger charge is -2.57. The van der Waals surface area contributed by atoms with Gasteiger partial charge in [0, 0.05) is 18.8 Å². The largest absolute Gasteiger partial charge is 0.462 e. The molecule has 4 nitrogen and oxygen atoms in total. The van der Waals surface area contributed by atoms with Crippen LogP contribution in [0, 0.1) is 28.6 Å². The standard InChI is InChI=1S/C28H36O4/c1-18(29)31-25-12-11-23-22-10-9-20-17-21(32-26(30)19-7-5-4-6-8-19)13-15-27(20,2)24(22)14-16-28(23,25)3/h4-9,21-25H,10-17H2,1-3H3/t21-,22+,23+,24+,25-,27-,28+/m0/s1. The minimum absolute atomic E-state index is 0.0211. The third-order valence-electron chi connectivity index (χ3n) is 9.56. The van der Waals surface area contributed by atoms with E-state index in [1.807, 2.05) is 30.3 Å². The highest BCUT2D eigenvalue weighted by molar-refractivity contribution is 5.89. The van der Waals surface area contributed by atoms with E-state index in [0.29, 0.717) is 23.3 Å². The number of benzene rings is 1. The van der Waals surface area contributed by atoms with E-state index < -0.39 is 0 Å². The van der Waals surface area contributed by atoms with Gasteiger partial charge in [-0.25, -0.2) is 4.79 Å². The Kier molecular flexibility index (Phi) is 5.46. The summed E-state index contributed by atoms with van der Waals surface area (Å²) in [6.45, 7) is 6.38. The first-order chi connectivity index (χ1) is 15.3. The van der Waals surface area contributed by atoms with Gasteiger partial charge in [0.15, 0.2) is 0 Å². The molecule has 1 aromatic carbocycles. The molecule has 0 amide bonds. The molecular weight excluding hydrogens is 400 g/mol. The summed E-state index contributed by atoms with van der Waals surface area (Å²) < 4.78 is 11.7. The summed E-state index contributed by atoms with van der Waals surface area (Å²) in [6, 6.07) is 9.32. The molecule has 32 heavy (non-hydrogen) atoms. The molecule has 4 heteroatoms. The predicted molar refractivity (Wildman–Crippen MR) is 123 cm³/mol. The molecule has 0 N–H and O–H groups in total. The molecule has 0 unspecified atom stereocenters. The molecule has 5 rings (SSSR count). The van der Waals surface area contributed by atoms with Crippen LogP contribution in [0.4, 0.5) is 0 Å². The summed E-state index contributed by atoms with van der Waals surface area (Å²) >= 11 is 0. The van der Waals surface area contributed by atoms with Gasteiger partial charge in [0.2, 0.25) is 0 Å². The van der Waals surface area contributed by atoms with Crippen molar-refractivity contribution in [2.75, 3.05) is 0 Å². The molecule has 1 aromatic rings. The summed E-state index contributed by atoms with van der Waals surface area (Å²) in [4.78, 5) is 24.2. The van der Waals surface area contributed by atoms with E-state index in [1.54, 1.807) is 6.92 Å². The zero-order chi connectivity index (χ0) is 22.5. The SMILES string of the molecule is CC(=O)O[C@H]1CC[C@@H]2[C@H]3CC=C4C[C@@H](OC(=O)c5ccccc5)CC[C@]4(C)[C@@H]3CC[C@@]12C. The van der Waals surface area contributed by atoms with Crippen LogP contribution in [0.15, 0.2) is 42.0 Å². The van der Waals surface area contributed by atoms with Gasteiger partial charge in [0.25, 0.3) is 0 Å². The summed E-state index contributed by atoms with van der Waals surface area (Å²) in [5, 5.41) is 0. The second-order valence-corrected chi connectivity index (χ2v) is 11.1. The summed E-state index contributed by atoms with van der Waals surface area (Å²) in [7, 11) is 0. The Balaban J connectivity index is 1.31. The first-order valence-electron chi connectivity index (χ1n) is 12.4. The number of ether oxygens (including phenoxy) is 2. The van der Waals surface area contributed by atoms with Crippen molar-refractivity contribution in [1.29, 1.82) is 0 Å². The Morgan fingerprint density at radius 1 is 0.938 bits per heavy atom. The fourth-order valence-corrected chi connectivity index (χ4v) is 7.87. The highest BCUT2D eigenvalue weighted by Crippen LogP contribution is 2.65. The van der Waals surface area contributed by atoms with Crippen LogP contribution >= 0.6 is 0 Å². The van der Waals surface area contributed by atoms with E-state index in [2.05, 4.69) is 19.9 Å². The van der Waals surface area contributed by atoms with Gasteiger partial charge in [0.1, 0.15) is 12.2 Å². The number of hydrogen-bond donors (Lipinski definition) is 0. The number of esters is 2. The normalized spacial score (nSPS) is 40.3. The number of allylic oxidation sites excluding steroid dienone is 1. The van der Waals surface area contributed by atoms with Crippen molar-refractivity contribution >= 4 is 11.9 Å². The van der Waals surface area contributed by atoms with Crippen molar-refractivity contribution in [3.05, 3.63) is 47.5 Å². The molecule has 4 aliphatic rings. The molecule has 0 bridgehead atoms. The van der Waals surface area contributed by atoms with Gasteiger partial charge in [-0.1, -0.05) is 43.7 Å². The van der Waals surface area contributed by atoms with E-state index in [9.17, 15) is 9.59 Å². The van der Waals surface area contributed by atoms with Crippen molar-refractivity contribution in [1.82, 2.24) is 0 Å². The van der Waals surface area contributed by atoms with Crippen LogP contribution in [0.25, 0.3) is 0 Å². The van der Waals surface area contributed by atoms with Crippen LogP contribution in [-0.4, -0.2) is 24.1 Å². The molecule has 3 fully saturated rings. The fourth-order valence-electron chi connectivity index (χ4n) is 7.87. The first kappa shape index (κ1) is 21.7. The van der Waals surface area contributed by atoms with Crippen molar-refractivity contribution < 1.29 is 19.1 Å². The van der Waals surface area contributed by atoms with E-state index in [1.165, 1.54) is 18.4 Å². The van der Waals surface area contributed by atoms with Gasteiger partial charge < -0.3 is 9.47 Å². The molecule has 0 spiro atoms. The summed E-state index contributed by atoms with van der Waals surface area (Å²) in [6.07, 6.45) is 11.1. The van der Waals surface area contributed by atoms with Crippen LogP contribution in [0.5, 0.6) is 0 Å². The number of fused-ring (bicyclic) bond motifs is 5. The number of carbonyl (C=O) groups is 2. The third kappa shape index (κ3) is 3.50. The number of carbonyl (C=O) groups excluding carboxylic acids is 2. The van der Waals surface area contributed by atoms with Gasteiger partial charge in [-0.15, -0.1) is 0 Å². The molecule has 7 atom stereocenters. The molecule has 3 saturated carbocycles. The van der Waals surface area contributed by atoms with Crippen molar-refractivity contribution in [2.24, 2.45) is 28.6 Å². The lowest BCUT2D eigenvalue weighted by molar-refractivity contribution is -0.156.